The predicted molar refractivity (Wildman–Crippen MR) is 115 cm³/mol. The monoisotopic (exact) mass is 407 g/mol. The number of anilines is 1. The topological polar surface area (TPSA) is 61.8 Å². The van der Waals surface area contributed by atoms with Crippen molar-refractivity contribution in [1.82, 2.24) is 4.90 Å². The van der Waals surface area contributed by atoms with Crippen molar-refractivity contribution in [3.8, 4) is 0 Å². The van der Waals surface area contributed by atoms with Crippen molar-refractivity contribution in [2.75, 3.05) is 12.4 Å². The number of carbonyl (C=O) groups excluding carboxylic acids is 2. The minimum absolute atomic E-state index is 0.0412. The van der Waals surface area contributed by atoms with Gasteiger partial charge in [0.2, 0.25) is 11.8 Å². The Labute approximate surface area is 171 Å². The van der Waals surface area contributed by atoms with Gasteiger partial charge in [-0.25, -0.2) is 9.38 Å². The van der Waals surface area contributed by atoms with Crippen LogP contribution in [0.5, 0.6) is 0 Å². The van der Waals surface area contributed by atoms with E-state index >= 15 is 0 Å². The van der Waals surface area contributed by atoms with Crippen molar-refractivity contribution in [1.29, 1.82) is 0 Å². The van der Waals surface area contributed by atoms with Crippen molar-refractivity contribution in [2.45, 2.75) is 11.7 Å². The van der Waals surface area contributed by atoms with E-state index in [0.717, 1.165) is 16.5 Å². The molecule has 5 nitrogen and oxygen atoms in total. The van der Waals surface area contributed by atoms with Crippen LogP contribution in [0.1, 0.15) is 6.42 Å². The van der Waals surface area contributed by atoms with Gasteiger partial charge in [0, 0.05) is 24.5 Å². The van der Waals surface area contributed by atoms with Crippen LogP contribution in [0.4, 0.5) is 15.8 Å². The maximum Gasteiger partial charge on any atom is 0.242 e. The van der Waals surface area contributed by atoms with Crippen LogP contribution in [0.2, 0.25) is 0 Å². The zero-order valence-corrected chi connectivity index (χ0v) is 16.4. The smallest absolute Gasteiger partial charge is 0.242 e. The summed E-state index contributed by atoms with van der Waals surface area (Å²) in [7, 11) is 1.63. The Hall–Kier alpha value is -3.19. The van der Waals surface area contributed by atoms with E-state index in [1.54, 1.807) is 19.2 Å². The van der Waals surface area contributed by atoms with Crippen LogP contribution in [0.15, 0.2) is 71.7 Å². The van der Waals surface area contributed by atoms with Crippen LogP contribution in [0.3, 0.4) is 0 Å². The fourth-order valence-electron chi connectivity index (χ4n) is 3.13. The Morgan fingerprint density at radius 2 is 1.83 bits per heavy atom. The van der Waals surface area contributed by atoms with Gasteiger partial charge in [0.05, 0.1) is 5.69 Å². The number of hydrogen-bond donors (Lipinski definition) is 1. The minimum Gasteiger partial charge on any atom is -0.325 e. The molecule has 0 bridgehead atoms. The molecular weight excluding hydrogens is 389 g/mol. The van der Waals surface area contributed by atoms with Crippen molar-refractivity contribution in [2.24, 2.45) is 4.99 Å². The Kier molecular flexibility index (Phi) is 5.31. The van der Waals surface area contributed by atoms with E-state index in [9.17, 15) is 14.0 Å². The van der Waals surface area contributed by atoms with Gasteiger partial charge in [-0.15, -0.1) is 0 Å². The SMILES string of the molecule is CN1C(=O)[C@@H](CC(=O)Nc2cccc3ccccc23)SC1=Nc1ccc(F)cc1. The Morgan fingerprint density at radius 3 is 2.62 bits per heavy atom. The van der Waals surface area contributed by atoms with E-state index < -0.39 is 5.25 Å². The first-order chi connectivity index (χ1) is 14.0. The van der Waals surface area contributed by atoms with E-state index in [4.69, 9.17) is 0 Å². The molecular formula is C22H18FN3O2S. The lowest BCUT2D eigenvalue weighted by atomic mass is 10.1. The Morgan fingerprint density at radius 1 is 1.10 bits per heavy atom. The second-order valence-electron chi connectivity index (χ2n) is 6.65. The third-order valence-electron chi connectivity index (χ3n) is 4.63. The van der Waals surface area contributed by atoms with E-state index in [1.165, 1.54) is 28.8 Å². The van der Waals surface area contributed by atoms with Crippen molar-refractivity contribution in [3.05, 3.63) is 72.5 Å². The van der Waals surface area contributed by atoms with Crippen LogP contribution in [-0.2, 0) is 9.59 Å². The molecule has 1 heterocycles. The van der Waals surface area contributed by atoms with Gasteiger partial charge in [-0.1, -0.05) is 48.2 Å². The summed E-state index contributed by atoms with van der Waals surface area (Å²) in [4.78, 5) is 31.0. The zero-order valence-electron chi connectivity index (χ0n) is 15.6. The van der Waals surface area contributed by atoms with Gasteiger partial charge in [-0.3, -0.25) is 14.5 Å². The molecule has 3 aromatic rings. The van der Waals surface area contributed by atoms with Crippen molar-refractivity contribution >= 4 is 50.9 Å². The first-order valence-electron chi connectivity index (χ1n) is 9.07. The van der Waals surface area contributed by atoms with Crippen LogP contribution in [-0.4, -0.2) is 34.2 Å². The number of nitrogens with zero attached hydrogens (tertiary/aromatic N) is 2. The number of hydrogen-bond acceptors (Lipinski definition) is 4. The van der Waals surface area contributed by atoms with Crippen molar-refractivity contribution in [3.63, 3.8) is 0 Å². The molecule has 146 valence electrons. The average molecular weight is 407 g/mol. The molecule has 4 rings (SSSR count). The fraction of sp³-hybridized carbons (Fsp3) is 0.136. The summed E-state index contributed by atoms with van der Waals surface area (Å²) in [6.07, 6.45) is 0.0412. The van der Waals surface area contributed by atoms with Gasteiger partial charge < -0.3 is 5.32 Å². The number of carbonyl (C=O) groups is 2. The lowest BCUT2D eigenvalue weighted by Crippen LogP contribution is -2.30. The first kappa shape index (κ1) is 19.1. The van der Waals surface area contributed by atoms with Gasteiger partial charge in [-0.05, 0) is 35.7 Å². The van der Waals surface area contributed by atoms with Crippen LogP contribution in [0.25, 0.3) is 10.8 Å². The normalized spacial score (nSPS) is 17.9. The minimum atomic E-state index is -0.547. The molecule has 0 aliphatic carbocycles. The molecule has 7 heteroatoms. The fourth-order valence-corrected chi connectivity index (χ4v) is 4.28. The number of nitrogens with one attached hydrogen (secondary N) is 1. The molecule has 2 amide bonds. The largest absolute Gasteiger partial charge is 0.325 e. The molecule has 1 aliphatic rings. The van der Waals surface area contributed by atoms with E-state index in [0.29, 0.717) is 10.9 Å². The highest BCUT2D eigenvalue weighted by molar-refractivity contribution is 8.15. The van der Waals surface area contributed by atoms with E-state index in [1.807, 2.05) is 42.5 Å². The van der Waals surface area contributed by atoms with Crippen LogP contribution < -0.4 is 5.32 Å². The highest BCUT2D eigenvalue weighted by Gasteiger charge is 2.37. The molecule has 0 spiro atoms. The maximum atomic E-state index is 13.1. The molecule has 1 N–H and O–H groups in total. The highest BCUT2D eigenvalue weighted by atomic mass is 32.2. The Bertz CT molecular complexity index is 1110. The lowest BCUT2D eigenvalue weighted by molar-refractivity contribution is -0.127. The predicted octanol–water partition coefficient (Wildman–Crippen LogP) is 4.57. The number of amidine groups is 1. The second-order valence-corrected chi connectivity index (χ2v) is 7.82. The third kappa shape index (κ3) is 4.14. The summed E-state index contributed by atoms with van der Waals surface area (Å²) in [5.74, 6) is -0.756. The second kappa shape index (κ2) is 8.05. The molecule has 1 saturated heterocycles. The molecule has 1 fully saturated rings. The number of fused-ring (bicyclic) bond motifs is 1. The Balaban J connectivity index is 1.47. The number of benzene rings is 3. The van der Waals surface area contributed by atoms with Gasteiger partial charge in [0.25, 0.3) is 0 Å². The third-order valence-corrected chi connectivity index (χ3v) is 5.86. The summed E-state index contributed by atoms with van der Waals surface area (Å²) >= 11 is 1.24. The number of amides is 2. The molecule has 0 radical (unpaired) electrons. The van der Waals surface area contributed by atoms with Gasteiger partial charge in [0.1, 0.15) is 11.1 Å². The number of aliphatic imine (C=N–C) groups is 1. The summed E-state index contributed by atoms with van der Waals surface area (Å²) < 4.78 is 13.1. The van der Waals surface area contributed by atoms with Crippen molar-refractivity contribution < 1.29 is 14.0 Å². The molecule has 0 unspecified atom stereocenters. The quantitative estimate of drug-likeness (QED) is 0.689. The molecule has 1 atom stereocenters. The molecule has 3 aromatic carbocycles. The number of halogens is 1. The van der Waals surface area contributed by atoms with E-state index in [-0.39, 0.29) is 24.1 Å². The first-order valence-corrected chi connectivity index (χ1v) is 9.95. The van der Waals surface area contributed by atoms with Crippen LogP contribution in [0, 0.1) is 5.82 Å². The summed E-state index contributed by atoms with van der Waals surface area (Å²) in [5, 5.41) is 4.84. The van der Waals surface area contributed by atoms with E-state index in [2.05, 4.69) is 10.3 Å². The molecule has 29 heavy (non-hydrogen) atoms. The summed E-state index contributed by atoms with van der Waals surface area (Å²) in [5.41, 5.74) is 1.27. The zero-order chi connectivity index (χ0) is 20.4. The van der Waals surface area contributed by atoms with Gasteiger partial charge in [0.15, 0.2) is 5.17 Å². The number of thioether (sulfide) groups is 1. The van der Waals surface area contributed by atoms with Gasteiger partial charge >= 0.3 is 0 Å². The van der Waals surface area contributed by atoms with Crippen LogP contribution >= 0.6 is 11.8 Å². The lowest BCUT2D eigenvalue weighted by Gasteiger charge is -2.11. The summed E-state index contributed by atoms with van der Waals surface area (Å²) in [6.45, 7) is 0. The maximum absolute atomic E-state index is 13.1. The standard InChI is InChI=1S/C22H18FN3O2S/c1-26-21(28)19(29-22(26)24-16-11-9-15(23)10-12-16)13-20(27)25-18-8-4-6-14-5-2-3-7-17(14)18/h2-12,19H,13H2,1H3,(H,25,27)/t19-/m1/s1. The molecule has 0 aromatic heterocycles. The molecule has 0 saturated carbocycles. The van der Waals surface area contributed by atoms with Gasteiger partial charge in [-0.2, -0.15) is 0 Å². The average Bonchev–Trinajstić information content (AvgIpc) is 2.98. The summed E-state index contributed by atoms with van der Waals surface area (Å²) in [6, 6.07) is 19.2. The highest BCUT2D eigenvalue weighted by Crippen LogP contribution is 2.31. The number of rotatable bonds is 4. The molecule has 1 aliphatic heterocycles.